The number of likely N-dealkylation sites (tertiary alicyclic amines) is 1. The minimum atomic E-state index is -1.06. The van der Waals surface area contributed by atoms with E-state index in [1.165, 1.54) is 0 Å². The molecule has 1 aromatic rings. The van der Waals surface area contributed by atoms with Crippen molar-refractivity contribution in [1.82, 2.24) is 15.5 Å². The zero-order valence-corrected chi connectivity index (χ0v) is 18.2. The second-order valence-corrected chi connectivity index (χ2v) is 10.7. The lowest BCUT2D eigenvalue weighted by atomic mass is 9.74. The van der Waals surface area contributed by atoms with Gasteiger partial charge in [0.1, 0.15) is 11.6 Å². The van der Waals surface area contributed by atoms with Crippen molar-refractivity contribution in [2.75, 3.05) is 0 Å². The summed E-state index contributed by atoms with van der Waals surface area (Å²) < 4.78 is 6.29. The van der Waals surface area contributed by atoms with E-state index in [9.17, 15) is 14.4 Å². The Hall–Kier alpha value is -2.19. The van der Waals surface area contributed by atoms with Crippen LogP contribution in [-0.4, -0.2) is 51.9 Å². The molecule has 2 N–H and O–H groups in total. The Morgan fingerprint density at radius 3 is 2.70 bits per heavy atom. The first-order valence-electron chi connectivity index (χ1n) is 10.5. The molecule has 4 heterocycles. The molecule has 30 heavy (non-hydrogen) atoms. The predicted octanol–water partition coefficient (Wildman–Crippen LogP) is 1.59. The Labute approximate surface area is 179 Å². The zero-order chi connectivity index (χ0) is 21.3. The Morgan fingerprint density at radius 1 is 1.30 bits per heavy atom. The van der Waals surface area contributed by atoms with Crippen LogP contribution in [0.15, 0.2) is 29.7 Å². The number of thiophene rings is 1. The lowest BCUT2D eigenvalue weighted by molar-refractivity contribution is -0.143. The maximum Gasteiger partial charge on any atom is 0.246 e. The molecule has 2 saturated heterocycles. The molecule has 3 fully saturated rings. The molecule has 2 bridgehead atoms. The Kier molecular flexibility index (Phi) is 4.38. The number of amides is 3. The van der Waals surface area contributed by atoms with Gasteiger partial charge in [-0.15, -0.1) is 11.3 Å². The summed E-state index contributed by atoms with van der Waals surface area (Å²) in [6.45, 7) is 6.18. The van der Waals surface area contributed by atoms with Gasteiger partial charge in [0.2, 0.25) is 17.7 Å². The van der Waals surface area contributed by atoms with Crippen LogP contribution in [0.3, 0.4) is 0 Å². The standard InChI is InChI=1S/C22H27N3O4S/c1-21(2,3)24-19(27)17-22-9-8-14(29-22)15(16(22)20(28)25(17)12-6-7-12)18(26)23-11-13-5-4-10-30-13/h4-5,8-10,12,14-17H,6-7,11H2,1-3H3,(H,23,26)(H,24,27)/t14-,15+,16-,17+,22-/m1/s1. The number of rotatable bonds is 5. The van der Waals surface area contributed by atoms with Gasteiger partial charge in [-0.2, -0.15) is 0 Å². The Balaban J connectivity index is 1.44. The fourth-order valence-electron chi connectivity index (χ4n) is 5.10. The third-order valence-electron chi connectivity index (χ3n) is 6.32. The SMILES string of the molecule is CC(C)(C)NC(=O)[C@@H]1N(C2CC2)C(=O)[C@H]2[C@@H](C(=O)NCc3cccs3)[C@H]3C=C[C@]12O3. The van der Waals surface area contributed by atoms with Gasteiger partial charge in [0, 0.05) is 16.5 Å². The number of hydrogen-bond acceptors (Lipinski definition) is 5. The Bertz CT molecular complexity index is 917. The van der Waals surface area contributed by atoms with Gasteiger partial charge in [-0.1, -0.05) is 18.2 Å². The maximum atomic E-state index is 13.5. The van der Waals surface area contributed by atoms with Gasteiger partial charge in [0.25, 0.3) is 0 Å². The Morgan fingerprint density at radius 2 is 2.07 bits per heavy atom. The van der Waals surface area contributed by atoms with E-state index in [1.54, 1.807) is 16.2 Å². The van der Waals surface area contributed by atoms with Crippen molar-refractivity contribution in [2.45, 2.75) is 69.5 Å². The van der Waals surface area contributed by atoms with Crippen molar-refractivity contribution in [2.24, 2.45) is 11.8 Å². The second-order valence-electron chi connectivity index (χ2n) is 9.71. The van der Waals surface area contributed by atoms with E-state index in [-0.39, 0.29) is 23.8 Å². The van der Waals surface area contributed by atoms with Crippen LogP contribution in [0.4, 0.5) is 0 Å². The molecule has 1 aromatic heterocycles. The monoisotopic (exact) mass is 429 g/mol. The van der Waals surface area contributed by atoms with Gasteiger partial charge in [0.15, 0.2) is 0 Å². The number of carbonyl (C=O) groups is 3. The maximum absolute atomic E-state index is 13.5. The van der Waals surface area contributed by atoms with E-state index in [0.717, 1.165) is 17.7 Å². The molecule has 3 aliphatic heterocycles. The van der Waals surface area contributed by atoms with Crippen LogP contribution in [0.5, 0.6) is 0 Å². The summed E-state index contributed by atoms with van der Waals surface area (Å²) in [5.41, 5.74) is -1.49. The summed E-state index contributed by atoms with van der Waals surface area (Å²) in [6.07, 6.45) is 5.01. The van der Waals surface area contributed by atoms with Crippen LogP contribution >= 0.6 is 11.3 Å². The first-order valence-corrected chi connectivity index (χ1v) is 11.4. The summed E-state index contributed by atoms with van der Waals surface area (Å²) in [7, 11) is 0. The van der Waals surface area contributed by atoms with E-state index in [4.69, 9.17) is 4.74 Å². The van der Waals surface area contributed by atoms with Gasteiger partial charge in [-0.3, -0.25) is 14.4 Å². The summed E-state index contributed by atoms with van der Waals surface area (Å²) >= 11 is 1.58. The predicted molar refractivity (Wildman–Crippen MR) is 111 cm³/mol. The van der Waals surface area contributed by atoms with Crippen LogP contribution in [0.1, 0.15) is 38.5 Å². The van der Waals surface area contributed by atoms with E-state index in [0.29, 0.717) is 6.54 Å². The van der Waals surface area contributed by atoms with Crippen molar-refractivity contribution in [3.05, 3.63) is 34.5 Å². The molecule has 1 saturated carbocycles. The highest BCUT2D eigenvalue weighted by molar-refractivity contribution is 7.09. The minimum absolute atomic E-state index is 0.0547. The van der Waals surface area contributed by atoms with Crippen molar-refractivity contribution in [3.63, 3.8) is 0 Å². The third-order valence-corrected chi connectivity index (χ3v) is 7.19. The molecule has 3 amide bonds. The molecule has 160 valence electrons. The second kappa shape index (κ2) is 6.65. The van der Waals surface area contributed by atoms with Crippen molar-refractivity contribution in [1.29, 1.82) is 0 Å². The van der Waals surface area contributed by atoms with Crippen LogP contribution in [0.25, 0.3) is 0 Å². The molecule has 4 aliphatic rings. The number of nitrogens with zero attached hydrogens (tertiary/aromatic N) is 1. The molecule has 7 nitrogen and oxygen atoms in total. The highest BCUT2D eigenvalue weighted by Gasteiger charge is 2.74. The number of ether oxygens (including phenoxy) is 1. The molecule has 8 heteroatoms. The van der Waals surface area contributed by atoms with E-state index in [2.05, 4.69) is 10.6 Å². The lowest BCUT2D eigenvalue weighted by Gasteiger charge is -2.34. The smallest absolute Gasteiger partial charge is 0.246 e. The number of hydrogen-bond donors (Lipinski definition) is 2. The van der Waals surface area contributed by atoms with Crippen molar-refractivity contribution in [3.8, 4) is 0 Å². The zero-order valence-electron chi connectivity index (χ0n) is 17.4. The summed E-state index contributed by atoms with van der Waals surface area (Å²) in [4.78, 5) is 42.7. The highest BCUT2D eigenvalue weighted by Crippen LogP contribution is 2.57. The minimum Gasteiger partial charge on any atom is -0.359 e. The van der Waals surface area contributed by atoms with Crippen molar-refractivity contribution >= 4 is 29.1 Å². The molecule has 0 unspecified atom stereocenters. The van der Waals surface area contributed by atoms with Gasteiger partial charge in [-0.25, -0.2) is 0 Å². The molecule has 5 rings (SSSR count). The summed E-state index contributed by atoms with van der Waals surface area (Å²) in [6, 6.07) is 3.22. The topological polar surface area (TPSA) is 87.7 Å². The van der Waals surface area contributed by atoms with Crippen LogP contribution in [0.2, 0.25) is 0 Å². The van der Waals surface area contributed by atoms with Gasteiger partial charge in [0.05, 0.1) is 24.5 Å². The molecule has 1 aliphatic carbocycles. The van der Waals surface area contributed by atoms with Gasteiger partial charge in [-0.05, 0) is 45.1 Å². The summed E-state index contributed by atoms with van der Waals surface area (Å²) in [5.74, 6) is -1.81. The number of nitrogens with one attached hydrogen (secondary N) is 2. The fraction of sp³-hybridized carbons (Fsp3) is 0.591. The summed E-state index contributed by atoms with van der Waals surface area (Å²) in [5, 5.41) is 7.96. The van der Waals surface area contributed by atoms with Crippen molar-refractivity contribution < 1.29 is 19.1 Å². The van der Waals surface area contributed by atoms with E-state index >= 15 is 0 Å². The fourth-order valence-corrected chi connectivity index (χ4v) is 5.74. The quantitative estimate of drug-likeness (QED) is 0.696. The average molecular weight is 430 g/mol. The average Bonchev–Trinajstić information content (AvgIpc) is 3.05. The highest BCUT2D eigenvalue weighted by atomic mass is 32.1. The van der Waals surface area contributed by atoms with Gasteiger partial charge < -0.3 is 20.3 Å². The normalized spacial score (nSPS) is 34.4. The van der Waals surface area contributed by atoms with Crippen LogP contribution in [-0.2, 0) is 25.7 Å². The molecule has 1 spiro atoms. The lowest BCUT2D eigenvalue weighted by Crippen LogP contribution is -2.58. The largest absolute Gasteiger partial charge is 0.359 e. The third kappa shape index (κ3) is 3.00. The first kappa shape index (κ1) is 19.8. The number of carbonyl (C=O) groups excluding carboxylic acids is 3. The number of fused-ring (bicyclic) bond motifs is 1. The first-order chi connectivity index (χ1) is 14.2. The molecule has 0 radical (unpaired) electrons. The molecule has 0 aromatic carbocycles. The van der Waals surface area contributed by atoms with Crippen LogP contribution in [0, 0.1) is 11.8 Å². The molecular formula is C22H27N3O4S. The van der Waals surface area contributed by atoms with E-state index < -0.39 is 35.1 Å². The van der Waals surface area contributed by atoms with Crippen LogP contribution < -0.4 is 10.6 Å². The molecular weight excluding hydrogens is 402 g/mol. The molecule has 5 atom stereocenters. The van der Waals surface area contributed by atoms with E-state index in [1.807, 2.05) is 50.4 Å². The van der Waals surface area contributed by atoms with Gasteiger partial charge >= 0.3 is 0 Å².